The molecule has 0 saturated carbocycles. The van der Waals surface area contributed by atoms with Crippen molar-refractivity contribution >= 4 is 0 Å². The minimum Gasteiger partial charge on any atom is -0.496 e. The molecule has 0 heterocycles. The lowest BCUT2D eigenvalue weighted by molar-refractivity contribution is -0.00840. The van der Waals surface area contributed by atoms with Gasteiger partial charge < -0.3 is 4.74 Å². The maximum atomic E-state index is 13.5. The van der Waals surface area contributed by atoms with Gasteiger partial charge >= 0.3 is 0 Å². The van der Waals surface area contributed by atoms with Gasteiger partial charge in [-0.2, -0.15) is 0 Å². The van der Waals surface area contributed by atoms with Gasteiger partial charge in [0.2, 0.25) is 0 Å². The first-order chi connectivity index (χ1) is 7.42. The van der Waals surface area contributed by atoms with Gasteiger partial charge in [0.25, 0.3) is 5.92 Å². The van der Waals surface area contributed by atoms with E-state index in [4.69, 9.17) is 4.74 Å². The van der Waals surface area contributed by atoms with Crippen molar-refractivity contribution in [2.24, 2.45) is 0 Å². The third kappa shape index (κ3) is 2.52. The van der Waals surface area contributed by atoms with Crippen molar-refractivity contribution in [3.63, 3.8) is 0 Å². The first-order valence-electron chi connectivity index (χ1n) is 5.48. The van der Waals surface area contributed by atoms with Crippen molar-refractivity contribution < 1.29 is 13.5 Å². The molecule has 0 unspecified atom stereocenters. The highest BCUT2D eigenvalue weighted by Gasteiger charge is 2.29. The molecule has 0 bridgehead atoms. The molecule has 0 aliphatic heterocycles. The summed E-state index contributed by atoms with van der Waals surface area (Å²) in [6.45, 7) is 5.41. The van der Waals surface area contributed by atoms with Crippen LogP contribution in [0.1, 0.15) is 44.2 Å². The maximum Gasteiger partial charge on any atom is 0.273 e. The van der Waals surface area contributed by atoms with Crippen LogP contribution in [-0.2, 0) is 5.92 Å². The first kappa shape index (κ1) is 12.9. The monoisotopic (exact) mass is 228 g/mol. The molecule has 0 N–H and O–H groups in total. The normalized spacial score (nSPS) is 11.9. The molecule has 0 aliphatic rings. The zero-order chi connectivity index (χ0) is 12.3. The highest BCUT2D eigenvalue weighted by Crippen LogP contribution is 2.36. The average Bonchev–Trinajstić information content (AvgIpc) is 2.28. The van der Waals surface area contributed by atoms with Gasteiger partial charge in [-0.15, -0.1) is 0 Å². The predicted octanol–water partition coefficient (Wildman–Crippen LogP) is 4.32. The molecular weight excluding hydrogens is 210 g/mol. The molecule has 1 aromatic carbocycles. The van der Waals surface area contributed by atoms with Crippen molar-refractivity contribution in [1.29, 1.82) is 0 Å². The topological polar surface area (TPSA) is 9.23 Å². The fourth-order valence-corrected chi connectivity index (χ4v) is 1.62. The molecule has 3 heteroatoms. The molecule has 90 valence electrons. The lowest BCUT2D eigenvalue weighted by atomic mass is 9.96. The molecule has 0 atom stereocenters. The highest BCUT2D eigenvalue weighted by molar-refractivity contribution is 5.40. The zero-order valence-corrected chi connectivity index (χ0v) is 10.2. The molecule has 0 radical (unpaired) electrons. The van der Waals surface area contributed by atoms with E-state index in [0.717, 1.165) is 5.56 Å². The van der Waals surface area contributed by atoms with Crippen LogP contribution in [0, 0.1) is 0 Å². The molecule has 0 saturated heterocycles. The van der Waals surface area contributed by atoms with E-state index in [1.54, 1.807) is 19.2 Å². The standard InChI is InChI=1S/C13H18F2O/c1-5-13(14,15)10-6-7-12(16-4)11(8-10)9(2)3/h6-9H,5H2,1-4H3. The van der Waals surface area contributed by atoms with Gasteiger partial charge in [-0.1, -0.05) is 20.8 Å². The van der Waals surface area contributed by atoms with Crippen LogP contribution in [0.4, 0.5) is 8.78 Å². The van der Waals surface area contributed by atoms with Gasteiger partial charge in [0.05, 0.1) is 7.11 Å². The van der Waals surface area contributed by atoms with Gasteiger partial charge in [-0.25, -0.2) is 8.78 Å². The lowest BCUT2D eigenvalue weighted by Gasteiger charge is -2.18. The van der Waals surface area contributed by atoms with Crippen molar-refractivity contribution in [1.82, 2.24) is 0 Å². The summed E-state index contributed by atoms with van der Waals surface area (Å²) >= 11 is 0. The second-order valence-electron chi connectivity index (χ2n) is 4.17. The van der Waals surface area contributed by atoms with E-state index in [1.807, 2.05) is 13.8 Å². The Balaban J connectivity index is 3.22. The summed E-state index contributed by atoms with van der Waals surface area (Å²) in [7, 11) is 1.55. The summed E-state index contributed by atoms with van der Waals surface area (Å²) in [6.07, 6.45) is -0.184. The minimum absolute atomic E-state index is 0.0690. The van der Waals surface area contributed by atoms with E-state index in [-0.39, 0.29) is 17.9 Å². The number of halogens is 2. The SMILES string of the molecule is CCC(F)(F)c1ccc(OC)c(C(C)C)c1. The molecule has 0 fully saturated rings. The minimum atomic E-state index is -2.75. The first-order valence-corrected chi connectivity index (χ1v) is 5.48. The largest absolute Gasteiger partial charge is 0.496 e. The van der Waals surface area contributed by atoms with Gasteiger partial charge in [-0.05, 0) is 29.7 Å². The van der Waals surface area contributed by atoms with Crippen LogP contribution >= 0.6 is 0 Å². The summed E-state index contributed by atoms with van der Waals surface area (Å²) in [6, 6.07) is 4.61. The second kappa shape index (κ2) is 4.81. The van der Waals surface area contributed by atoms with E-state index >= 15 is 0 Å². The van der Waals surface area contributed by atoms with Gasteiger partial charge in [0, 0.05) is 12.0 Å². The predicted molar refractivity (Wildman–Crippen MR) is 61.3 cm³/mol. The quantitative estimate of drug-likeness (QED) is 0.745. The van der Waals surface area contributed by atoms with E-state index < -0.39 is 5.92 Å². The molecule has 0 spiro atoms. The zero-order valence-electron chi connectivity index (χ0n) is 10.2. The molecule has 0 aromatic heterocycles. The van der Waals surface area contributed by atoms with Crippen LogP contribution in [0.3, 0.4) is 0 Å². The number of alkyl halides is 2. The Labute approximate surface area is 95.4 Å². The molecule has 0 amide bonds. The molecule has 0 aliphatic carbocycles. The van der Waals surface area contributed by atoms with Crippen molar-refractivity contribution in [2.75, 3.05) is 7.11 Å². The number of rotatable bonds is 4. The number of methoxy groups -OCH3 is 1. The van der Waals surface area contributed by atoms with E-state index in [0.29, 0.717) is 5.75 Å². The summed E-state index contributed by atoms with van der Waals surface area (Å²) in [5.41, 5.74) is 0.896. The number of benzene rings is 1. The van der Waals surface area contributed by atoms with Crippen LogP contribution in [0.25, 0.3) is 0 Å². The van der Waals surface area contributed by atoms with Gasteiger partial charge in [0.1, 0.15) is 5.75 Å². The Morgan fingerprint density at radius 2 is 1.94 bits per heavy atom. The van der Waals surface area contributed by atoms with Crippen molar-refractivity contribution in [2.45, 2.75) is 39.0 Å². The Bertz CT molecular complexity index is 359. The summed E-state index contributed by atoms with van der Waals surface area (Å²) in [4.78, 5) is 0. The summed E-state index contributed by atoms with van der Waals surface area (Å²) in [5, 5.41) is 0. The van der Waals surface area contributed by atoms with Crippen molar-refractivity contribution in [3.8, 4) is 5.75 Å². The Hall–Kier alpha value is -1.12. The van der Waals surface area contributed by atoms with E-state index in [9.17, 15) is 8.78 Å². The van der Waals surface area contributed by atoms with E-state index in [1.165, 1.54) is 13.0 Å². The Kier molecular flexibility index (Phi) is 3.89. The molecule has 1 rings (SSSR count). The van der Waals surface area contributed by atoms with E-state index in [2.05, 4.69) is 0 Å². The van der Waals surface area contributed by atoms with Crippen LogP contribution in [0.15, 0.2) is 18.2 Å². The van der Waals surface area contributed by atoms with Crippen LogP contribution in [-0.4, -0.2) is 7.11 Å². The lowest BCUT2D eigenvalue weighted by Crippen LogP contribution is -2.12. The fourth-order valence-electron chi connectivity index (χ4n) is 1.62. The summed E-state index contributed by atoms with van der Waals surface area (Å²) in [5.74, 6) is -1.91. The molecule has 1 nitrogen and oxygen atoms in total. The number of hydrogen-bond acceptors (Lipinski definition) is 1. The molecule has 16 heavy (non-hydrogen) atoms. The van der Waals surface area contributed by atoms with Crippen LogP contribution < -0.4 is 4.74 Å². The van der Waals surface area contributed by atoms with Crippen LogP contribution in [0.5, 0.6) is 5.75 Å². The Morgan fingerprint density at radius 3 is 2.38 bits per heavy atom. The third-order valence-electron chi connectivity index (χ3n) is 2.72. The fraction of sp³-hybridized carbons (Fsp3) is 0.538. The highest BCUT2D eigenvalue weighted by atomic mass is 19.3. The molecule has 1 aromatic rings. The third-order valence-corrected chi connectivity index (χ3v) is 2.72. The smallest absolute Gasteiger partial charge is 0.273 e. The number of ether oxygens (including phenoxy) is 1. The van der Waals surface area contributed by atoms with Gasteiger partial charge in [-0.3, -0.25) is 0 Å². The number of hydrogen-bond donors (Lipinski definition) is 0. The van der Waals surface area contributed by atoms with Crippen molar-refractivity contribution in [3.05, 3.63) is 29.3 Å². The molecular formula is C13H18F2O. The average molecular weight is 228 g/mol. The van der Waals surface area contributed by atoms with Gasteiger partial charge in [0.15, 0.2) is 0 Å². The van der Waals surface area contributed by atoms with Crippen LogP contribution in [0.2, 0.25) is 0 Å². The Morgan fingerprint density at radius 1 is 1.31 bits per heavy atom. The summed E-state index contributed by atoms with van der Waals surface area (Å²) < 4.78 is 32.2. The second-order valence-corrected chi connectivity index (χ2v) is 4.17. The maximum absolute atomic E-state index is 13.5.